The highest BCUT2D eigenvalue weighted by molar-refractivity contribution is 7.04. The molecular weight excluding hydrogens is 635 g/mol. The second kappa shape index (κ2) is 11.4. The Bertz CT molecular complexity index is 2750. The van der Waals surface area contributed by atoms with Crippen molar-refractivity contribution in [2.24, 2.45) is 0 Å². The van der Waals surface area contributed by atoms with E-state index in [1.807, 2.05) is 0 Å². The molecule has 9 aromatic rings. The van der Waals surface area contributed by atoms with E-state index in [2.05, 4.69) is 194 Å². The molecule has 0 bridgehead atoms. The molecule has 0 aliphatic carbocycles. The topological polar surface area (TPSA) is 16.4 Å². The van der Waals surface area contributed by atoms with Gasteiger partial charge in [-0.05, 0) is 91.4 Å². The zero-order valence-electron chi connectivity index (χ0n) is 28.6. The van der Waals surface area contributed by atoms with Crippen molar-refractivity contribution in [1.29, 1.82) is 0 Å². The van der Waals surface area contributed by atoms with E-state index in [4.69, 9.17) is 4.42 Å². The minimum absolute atomic E-state index is 0.947. The summed E-state index contributed by atoms with van der Waals surface area (Å²) < 4.78 is 6.60. The van der Waals surface area contributed by atoms with Gasteiger partial charge in [0.15, 0.2) is 0 Å². The quantitative estimate of drug-likeness (QED) is 0.170. The number of para-hydroxylation sites is 1. The van der Waals surface area contributed by atoms with Crippen LogP contribution < -0.4 is 15.3 Å². The van der Waals surface area contributed by atoms with Crippen molar-refractivity contribution < 1.29 is 4.42 Å². The highest BCUT2D eigenvalue weighted by Gasteiger charge is 2.40. The van der Waals surface area contributed by atoms with E-state index in [-0.39, 0.29) is 0 Å². The van der Waals surface area contributed by atoms with E-state index in [0.717, 1.165) is 28.2 Å². The van der Waals surface area contributed by atoms with Crippen molar-refractivity contribution in [3.05, 3.63) is 176 Å². The van der Waals surface area contributed by atoms with Crippen LogP contribution in [-0.2, 0) is 0 Å². The van der Waals surface area contributed by atoms with Crippen LogP contribution >= 0.6 is 0 Å². The molecule has 3 heteroatoms. The molecule has 0 saturated heterocycles. The molecule has 0 unspecified atom stereocenters. The average Bonchev–Trinajstić information content (AvgIpc) is 3.67. The van der Waals surface area contributed by atoms with Crippen molar-refractivity contribution in [2.75, 3.05) is 4.90 Å². The largest absolute Gasteiger partial charge is 0.455 e. The summed E-state index contributed by atoms with van der Waals surface area (Å²) in [5.74, 6) is 0. The van der Waals surface area contributed by atoms with Gasteiger partial charge in [0.1, 0.15) is 19.2 Å². The van der Waals surface area contributed by atoms with Crippen molar-refractivity contribution in [1.82, 2.24) is 0 Å². The third-order valence-corrected chi connectivity index (χ3v) is 14.4. The molecule has 51 heavy (non-hydrogen) atoms. The molecule has 0 fully saturated rings. The van der Waals surface area contributed by atoms with Crippen molar-refractivity contribution in [2.45, 2.75) is 13.1 Å². The fourth-order valence-corrected chi connectivity index (χ4v) is 11.3. The van der Waals surface area contributed by atoms with Gasteiger partial charge in [-0.1, -0.05) is 147 Å². The maximum atomic E-state index is 6.60. The van der Waals surface area contributed by atoms with Crippen LogP contribution in [0.3, 0.4) is 0 Å². The average molecular weight is 670 g/mol. The Morgan fingerprint density at radius 1 is 0.431 bits per heavy atom. The lowest BCUT2D eigenvalue weighted by Crippen LogP contribution is -2.49. The Morgan fingerprint density at radius 2 is 1.06 bits per heavy atom. The Balaban J connectivity index is 1.12. The van der Waals surface area contributed by atoms with Gasteiger partial charge in [-0.15, -0.1) is 0 Å². The van der Waals surface area contributed by atoms with Crippen LogP contribution in [0.2, 0.25) is 13.1 Å². The smallest absolute Gasteiger partial charge is 0.143 e. The molecule has 0 amide bonds. The first-order chi connectivity index (χ1) is 25.0. The summed E-state index contributed by atoms with van der Waals surface area (Å²) in [7, 11) is -2.05. The second-order valence-electron chi connectivity index (χ2n) is 14.1. The highest BCUT2D eigenvalue weighted by atomic mass is 28.3. The maximum absolute atomic E-state index is 6.60. The number of fused-ring (bicyclic) bond motifs is 8. The van der Waals surface area contributed by atoms with Crippen LogP contribution in [0.1, 0.15) is 0 Å². The summed E-state index contributed by atoms with van der Waals surface area (Å²) in [5, 5.41) is 7.78. The minimum atomic E-state index is -2.05. The first kappa shape index (κ1) is 29.7. The molecule has 2 heterocycles. The monoisotopic (exact) mass is 669 g/mol. The summed E-state index contributed by atoms with van der Waals surface area (Å²) in [5.41, 5.74) is 12.8. The minimum Gasteiger partial charge on any atom is -0.455 e. The standard InChI is InChI=1S/C48H35NOSi/c1-51(2)45-30-29-42-41-16-8-9-18-44(41)50-48(42)47(45)43-28-27-38(31-46(43)51)49(36-23-19-33(20-24-36)32-11-4-3-5-12-32)37-25-21-35(22-26-37)40-17-10-14-34-13-6-7-15-39(34)40/h3-31H,1-2H3. The van der Waals surface area contributed by atoms with Gasteiger partial charge >= 0.3 is 0 Å². The second-order valence-corrected chi connectivity index (χ2v) is 18.5. The van der Waals surface area contributed by atoms with E-state index < -0.39 is 8.07 Å². The zero-order valence-corrected chi connectivity index (χ0v) is 29.6. The Morgan fingerprint density at radius 3 is 1.84 bits per heavy atom. The fraction of sp³-hybridized carbons (Fsp3) is 0.0417. The number of hydrogen-bond donors (Lipinski definition) is 0. The molecule has 0 N–H and O–H groups in total. The first-order valence-corrected chi connectivity index (χ1v) is 20.7. The van der Waals surface area contributed by atoms with Crippen LogP contribution in [0.4, 0.5) is 17.1 Å². The van der Waals surface area contributed by atoms with Crippen molar-refractivity contribution >= 4 is 68.2 Å². The van der Waals surface area contributed by atoms with Crippen LogP contribution in [0.25, 0.3) is 66.1 Å². The molecular formula is C48H35NOSi. The van der Waals surface area contributed by atoms with Crippen LogP contribution in [0.15, 0.2) is 180 Å². The van der Waals surface area contributed by atoms with Gasteiger partial charge < -0.3 is 9.32 Å². The number of benzene rings is 8. The lowest BCUT2D eigenvalue weighted by atomic mass is 9.98. The Labute approximate surface area is 298 Å². The molecule has 0 spiro atoms. The van der Waals surface area contributed by atoms with Gasteiger partial charge in [-0.2, -0.15) is 0 Å². The summed E-state index contributed by atoms with van der Waals surface area (Å²) >= 11 is 0. The third-order valence-electron chi connectivity index (χ3n) is 10.9. The van der Waals surface area contributed by atoms with E-state index in [9.17, 15) is 0 Å². The molecule has 8 aromatic carbocycles. The van der Waals surface area contributed by atoms with Gasteiger partial charge in [0, 0.05) is 33.4 Å². The summed E-state index contributed by atoms with van der Waals surface area (Å²) in [6.07, 6.45) is 0. The van der Waals surface area contributed by atoms with Crippen LogP contribution in [-0.4, -0.2) is 8.07 Å². The molecule has 2 nitrogen and oxygen atoms in total. The number of rotatable bonds is 5. The zero-order chi connectivity index (χ0) is 34.1. The molecule has 242 valence electrons. The van der Waals surface area contributed by atoms with Gasteiger partial charge in [-0.25, -0.2) is 0 Å². The van der Waals surface area contributed by atoms with Crippen molar-refractivity contribution in [3.63, 3.8) is 0 Å². The molecule has 10 rings (SSSR count). The summed E-state index contributed by atoms with van der Waals surface area (Å²) in [6, 6.07) is 64.0. The molecule has 1 aromatic heterocycles. The lowest BCUT2D eigenvalue weighted by Gasteiger charge is -2.28. The SMILES string of the molecule is C[Si]1(C)c2cc(N(c3ccc(-c4ccccc4)cc3)c3ccc(-c4cccc5ccccc45)cc3)ccc2-c2c1ccc1c2oc2ccccc21. The molecule has 0 atom stereocenters. The Hall–Kier alpha value is -6.16. The van der Waals surface area contributed by atoms with Crippen LogP contribution in [0, 0.1) is 0 Å². The van der Waals surface area contributed by atoms with Gasteiger partial charge in [-0.3, -0.25) is 0 Å². The highest BCUT2D eigenvalue weighted by Crippen LogP contribution is 2.42. The number of hydrogen-bond acceptors (Lipinski definition) is 2. The number of furan rings is 1. The number of anilines is 3. The number of nitrogens with zero attached hydrogens (tertiary/aromatic N) is 1. The van der Waals surface area contributed by atoms with Gasteiger partial charge in [0.05, 0.1) is 0 Å². The third kappa shape index (κ3) is 4.70. The summed E-state index contributed by atoms with van der Waals surface area (Å²) in [6.45, 7) is 4.96. The molecule has 0 radical (unpaired) electrons. The molecule has 1 aliphatic rings. The van der Waals surface area contributed by atoms with E-state index in [1.165, 1.54) is 65.3 Å². The molecule has 0 saturated carbocycles. The van der Waals surface area contributed by atoms with Crippen molar-refractivity contribution in [3.8, 4) is 33.4 Å². The Kier molecular flexibility index (Phi) is 6.67. The predicted octanol–water partition coefficient (Wildman–Crippen LogP) is 12.3. The van der Waals surface area contributed by atoms with Gasteiger partial charge in [0.2, 0.25) is 0 Å². The van der Waals surface area contributed by atoms with Gasteiger partial charge in [0.25, 0.3) is 0 Å². The maximum Gasteiger partial charge on any atom is 0.143 e. The predicted molar refractivity (Wildman–Crippen MR) is 219 cm³/mol. The summed E-state index contributed by atoms with van der Waals surface area (Å²) in [4.78, 5) is 2.41. The first-order valence-electron chi connectivity index (χ1n) is 17.7. The van der Waals surface area contributed by atoms with Crippen LogP contribution in [0.5, 0.6) is 0 Å². The molecule has 1 aliphatic heterocycles. The lowest BCUT2D eigenvalue weighted by molar-refractivity contribution is 0.670. The fourth-order valence-electron chi connectivity index (χ4n) is 8.28. The van der Waals surface area contributed by atoms with E-state index >= 15 is 0 Å². The normalized spacial score (nSPS) is 13.1. The van der Waals surface area contributed by atoms with E-state index in [0.29, 0.717) is 0 Å². The van der Waals surface area contributed by atoms with E-state index in [1.54, 1.807) is 0 Å².